The topological polar surface area (TPSA) is 65.6 Å². The lowest BCUT2D eigenvalue weighted by atomic mass is 10.1. The smallest absolute Gasteiger partial charge is 0.245 e. The highest BCUT2D eigenvalue weighted by Gasteiger charge is 2.29. The highest BCUT2D eigenvalue weighted by Crippen LogP contribution is 2.23. The van der Waals surface area contributed by atoms with Gasteiger partial charge in [0.2, 0.25) is 5.89 Å². The molecule has 0 amide bonds. The average molecular weight is 302 g/mol. The number of aryl methyl sites for hydroxylation is 1. The molecule has 1 aliphatic heterocycles. The van der Waals surface area contributed by atoms with Crippen LogP contribution in [0.2, 0.25) is 0 Å². The summed E-state index contributed by atoms with van der Waals surface area (Å²) in [6, 6.07) is 8.26. The van der Waals surface area contributed by atoms with Crippen LogP contribution in [0.5, 0.6) is 0 Å². The normalized spacial score (nSPS) is 20.4. The third-order valence-corrected chi connectivity index (χ3v) is 4.17. The van der Waals surface area contributed by atoms with Crippen molar-refractivity contribution in [1.82, 2.24) is 19.9 Å². The molecule has 0 aliphatic carbocycles. The summed E-state index contributed by atoms with van der Waals surface area (Å²) in [6.07, 6.45) is 0. The third-order valence-electron chi connectivity index (χ3n) is 4.17. The molecular weight excluding hydrogens is 280 g/mol. The highest BCUT2D eigenvalue weighted by molar-refractivity contribution is 5.22. The van der Waals surface area contributed by atoms with Crippen molar-refractivity contribution in [3.05, 3.63) is 47.1 Å². The molecule has 6 nitrogen and oxygen atoms in total. The number of likely N-dealkylation sites (N-methyl/N-ethyl adjacent to an activating group) is 1. The molecular formula is C16H22N4O2. The average Bonchev–Trinajstić information content (AvgIpc) is 2.96. The monoisotopic (exact) mass is 302 g/mol. The van der Waals surface area contributed by atoms with E-state index in [1.54, 1.807) is 0 Å². The van der Waals surface area contributed by atoms with E-state index in [0.717, 1.165) is 31.7 Å². The Kier molecular flexibility index (Phi) is 4.52. The molecule has 1 aromatic heterocycles. The van der Waals surface area contributed by atoms with Crippen molar-refractivity contribution < 1.29 is 9.63 Å². The van der Waals surface area contributed by atoms with Gasteiger partial charge in [-0.25, -0.2) is 0 Å². The summed E-state index contributed by atoms with van der Waals surface area (Å²) in [6.45, 7) is 5.69. The zero-order chi connectivity index (χ0) is 15.5. The van der Waals surface area contributed by atoms with E-state index in [1.807, 2.05) is 19.1 Å². The first-order chi connectivity index (χ1) is 10.7. The van der Waals surface area contributed by atoms with Gasteiger partial charge in [0.25, 0.3) is 0 Å². The molecule has 2 aromatic rings. The Morgan fingerprint density at radius 3 is 2.59 bits per heavy atom. The lowest BCUT2D eigenvalue weighted by Crippen LogP contribution is -2.46. The van der Waals surface area contributed by atoms with Gasteiger partial charge >= 0.3 is 0 Å². The fraction of sp³-hybridized carbons (Fsp3) is 0.500. The number of aliphatic hydroxyl groups excluding tert-OH is 1. The maximum atomic E-state index is 9.10. The second kappa shape index (κ2) is 6.56. The number of hydrogen-bond donors (Lipinski definition) is 1. The number of aromatic nitrogens is 2. The van der Waals surface area contributed by atoms with Crippen molar-refractivity contribution >= 4 is 0 Å². The summed E-state index contributed by atoms with van der Waals surface area (Å²) in [5.41, 5.74) is 2.20. The van der Waals surface area contributed by atoms with Gasteiger partial charge in [-0.3, -0.25) is 9.80 Å². The first-order valence-electron chi connectivity index (χ1n) is 7.57. The van der Waals surface area contributed by atoms with Gasteiger partial charge in [0, 0.05) is 26.2 Å². The Morgan fingerprint density at radius 2 is 1.95 bits per heavy atom. The lowest BCUT2D eigenvalue weighted by Gasteiger charge is -2.37. The van der Waals surface area contributed by atoms with Gasteiger partial charge in [-0.1, -0.05) is 29.4 Å². The minimum atomic E-state index is 0.0907. The molecule has 1 saturated heterocycles. The second-order valence-corrected chi connectivity index (χ2v) is 5.89. The van der Waals surface area contributed by atoms with Crippen molar-refractivity contribution in [2.75, 3.05) is 26.7 Å². The largest absolute Gasteiger partial charge is 0.392 e. The van der Waals surface area contributed by atoms with Crippen molar-refractivity contribution in [3.8, 4) is 0 Å². The molecule has 1 aliphatic rings. The highest BCUT2D eigenvalue weighted by atomic mass is 16.5. The van der Waals surface area contributed by atoms with Crippen LogP contribution in [0.1, 0.15) is 28.9 Å². The van der Waals surface area contributed by atoms with Crippen LogP contribution in [0.4, 0.5) is 0 Å². The van der Waals surface area contributed by atoms with Crippen molar-refractivity contribution in [1.29, 1.82) is 0 Å². The maximum Gasteiger partial charge on any atom is 0.245 e. The number of nitrogens with zero attached hydrogens (tertiary/aromatic N) is 4. The first kappa shape index (κ1) is 15.1. The van der Waals surface area contributed by atoms with Crippen LogP contribution in [-0.2, 0) is 13.2 Å². The predicted molar refractivity (Wildman–Crippen MR) is 82.0 cm³/mol. The van der Waals surface area contributed by atoms with Crippen LogP contribution in [0.3, 0.4) is 0 Å². The minimum Gasteiger partial charge on any atom is -0.392 e. The van der Waals surface area contributed by atoms with Crippen LogP contribution in [0, 0.1) is 6.92 Å². The van der Waals surface area contributed by atoms with E-state index in [2.05, 4.69) is 39.1 Å². The summed E-state index contributed by atoms with van der Waals surface area (Å²) < 4.78 is 5.35. The predicted octanol–water partition coefficient (Wildman–Crippen LogP) is 1.36. The summed E-state index contributed by atoms with van der Waals surface area (Å²) in [5.74, 6) is 1.38. The van der Waals surface area contributed by atoms with Crippen LogP contribution in [0.15, 0.2) is 28.8 Å². The Balaban J connectivity index is 1.67. The van der Waals surface area contributed by atoms with E-state index in [9.17, 15) is 0 Å². The zero-order valence-electron chi connectivity index (χ0n) is 13.1. The molecule has 2 heterocycles. The Hall–Kier alpha value is -1.76. The molecule has 0 spiro atoms. The van der Waals surface area contributed by atoms with Gasteiger partial charge < -0.3 is 9.63 Å². The van der Waals surface area contributed by atoms with E-state index < -0.39 is 0 Å². The zero-order valence-corrected chi connectivity index (χ0v) is 13.1. The number of piperazine rings is 1. The Labute approximate surface area is 130 Å². The quantitative estimate of drug-likeness (QED) is 0.920. The molecule has 0 radical (unpaired) electrons. The fourth-order valence-corrected chi connectivity index (χ4v) is 2.80. The van der Waals surface area contributed by atoms with Crippen LogP contribution >= 0.6 is 0 Å². The van der Waals surface area contributed by atoms with Crippen LogP contribution in [0.25, 0.3) is 0 Å². The summed E-state index contributed by atoms with van der Waals surface area (Å²) >= 11 is 0. The Morgan fingerprint density at radius 1 is 1.23 bits per heavy atom. The number of aliphatic hydroxyl groups is 1. The van der Waals surface area contributed by atoms with E-state index >= 15 is 0 Å². The standard InChI is InChI=1S/C16H22N4O2/c1-12-17-16(22-18-12)15-10-20(8-7-19(15)2)9-13-3-5-14(11-21)6-4-13/h3-6,15,21H,7-11H2,1-2H3/t15-/m1/s1. The third kappa shape index (κ3) is 3.35. The molecule has 0 bridgehead atoms. The Bertz CT molecular complexity index is 611. The number of hydrogen-bond acceptors (Lipinski definition) is 6. The van der Waals surface area contributed by atoms with Crippen molar-refractivity contribution in [2.45, 2.75) is 26.1 Å². The lowest BCUT2D eigenvalue weighted by molar-refractivity contribution is 0.0714. The second-order valence-electron chi connectivity index (χ2n) is 5.89. The van der Waals surface area contributed by atoms with Crippen molar-refractivity contribution in [2.24, 2.45) is 0 Å². The molecule has 1 atom stereocenters. The number of benzene rings is 1. The summed E-state index contributed by atoms with van der Waals surface area (Å²) in [4.78, 5) is 9.04. The molecule has 0 unspecified atom stereocenters. The number of rotatable bonds is 4. The van der Waals surface area contributed by atoms with Crippen LogP contribution in [-0.4, -0.2) is 51.7 Å². The molecule has 118 valence electrons. The van der Waals surface area contributed by atoms with Gasteiger partial charge in [0.15, 0.2) is 5.82 Å². The minimum absolute atomic E-state index is 0.0907. The van der Waals surface area contributed by atoms with E-state index in [4.69, 9.17) is 9.63 Å². The molecule has 1 aromatic carbocycles. The fourth-order valence-electron chi connectivity index (χ4n) is 2.80. The SMILES string of the molecule is Cc1noc([C@H]2CN(Cc3ccc(CO)cc3)CCN2C)n1. The van der Waals surface area contributed by atoms with E-state index in [0.29, 0.717) is 11.7 Å². The van der Waals surface area contributed by atoms with E-state index in [1.165, 1.54) is 5.56 Å². The first-order valence-corrected chi connectivity index (χ1v) is 7.57. The van der Waals surface area contributed by atoms with Gasteiger partial charge in [0.1, 0.15) is 6.04 Å². The van der Waals surface area contributed by atoms with Crippen LogP contribution < -0.4 is 0 Å². The molecule has 1 N–H and O–H groups in total. The maximum absolute atomic E-state index is 9.10. The van der Waals surface area contributed by atoms with E-state index in [-0.39, 0.29) is 12.6 Å². The summed E-state index contributed by atoms with van der Waals surface area (Å²) in [7, 11) is 2.09. The van der Waals surface area contributed by atoms with Crippen molar-refractivity contribution in [3.63, 3.8) is 0 Å². The molecule has 6 heteroatoms. The molecule has 22 heavy (non-hydrogen) atoms. The van der Waals surface area contributed by atoms with Gasteiger partial charge in [0.05, 0.1) is 6.61 Å². The molecule has 0 saturated carbocycles. The summed E-state index contributed by atoms with van der Waals surface area (Å²) in [5, 5.41) is 13.0. The van der Waals surface area contributed by atoms with Gasteiger partial charge in [-0.05, 0) is 25.1 Å². The molecule has 3 rings (SSSR count). The van der Waals surface area contributed by atoms with Gasteiger partial charge in [-0.15, -0.1) is 0 Å². The molecule has 1 fully saturated rings. The van der Waals surface area contributed by atoms with Gasteiger partial charge in [-0.2, -0.15) is 4.98 Å².